The Bertz CT molecular complexity index is 446. The molecule has 0 aromatic heterocycles. The first-order chi connectivity index (χ1) is 8.30. The quantitative estimate of drug-likeness (QED) is 0.893. The summed E-state index contributed by atoms with van der Waals surface area (Å²) in [6.45, 7) is 10.5. The van der Waals surface area contributed by atoms with Gasteiger partial charge < -0.3 is 11.1 Å². The zero-order valence-electron chi connectivity index (χ0n) is 12.4. The highest BCUT2D eigenvalue weighted by Gasteiger charge is 2.29. The van der Waals surface area contributed by atoms with Gasteiger partial charge in [-0.25, -0.2) is 0 Å². The van der Waals surface area contributed by atoms with Crippen LogP contribution in [0.2, 0.25) is 0 Å². The van der Waals surface area contributed by atoms with Gasteiger partial charge in [0, 0.05) is 12.1 Å². The summed E-state index contributed by atoms with van der Waals surface area (Å²) in [4.78, 5) is 12.3. The SMILES string of the molecule is Cc1ccc(C(=O)NC(C)(CN)C(C)C)c(C)c1.Cl. The van der Waals surface area contributed by atoms with Crippen LogP contribution in [0.5, 0.6) is 0 Å². The summed E-state index contributed by atoms with van der Waals surface area (Å²) >= 11 is 0. The van der Waals surface area contributed by atoms with Crippen LogP contribution < -0.4 is 11.1 Å². The number of rotatable bonds is 4. The van der Waals surface area contributed by atoms with Crippen molar-refractivity contribution in [2.75, 3.05) is 6.54 Å². The summed E-state index contributed by atoms with van der Waals surface area (Å²) in [5, 5.41) is 3.06. The smallest absolute Gasteiger partial charge is 0.252 e. The van der Waals surface area contributed by atoms with Crippen LogP contribution in [-0.2, 0) is 0 Å². The van der Waals surface area contributed by atoms with Crippen molar-refractivity contribution in [1.29, 1.82) is 0 Å². The van der Waals surface area contributed by atoms with Gasteiger partial charge in [0.2, 0.25) is 0 Å². The number of hydrogen-bond acceptors (Lipinski definition) is 2. The van der Waals surface area contributed by atoms with Crippen LogP contribution in [0, 0.1) is 19.8 Å². The van der Waals surface area contributed by atoms with E-state index in [-0.39, 0.29) is 29.8 Å². The van der Waals surface area contributed by atoms with Crippen molar-refractivity contribution >= 4 is 18.3 Å². The van der Waals surface area contributed by atoms with Crippen molar-refractivity contribution < 1.29 is 4.79 Å². The average Bonchev–Trinajstić information content (AvgIpc) is 2.28. The molecule has 1 rings (SSSR count). The summed E-state index contributed by atoms with van der Waals surface area (Å²) < 4.78 is 0. The van der Waals surface area contributed by atoms with Gasteiger partial charge in [0.05, 0.1) is 5.54 Å². The second-order valence-electron chi connectivity index (χ2n) is 5.55. The van der Waals surface area contributed by atoms with Crippen LogP contribution >= 0.6 is 12.4 Å². The van der Waals surface area contributed by atoms with Crippen molar-refractivity contribution in [3.63, 3.8) is 0 Å². The molecule has 0 spiro atoms. The van der Waals surface area contributed by atoms with E-state index >= 15 is 0 Å². The third-order valence-corrected chi connectivity index (χ3v) is 3.72. The zero-order chi connectivity index (χ0) is 13.9. The van der Waals surface area contributed by atoms with Crippen molar-refractivity contribution in [3.05, 3.63) is 34.9 Å². The fraction of sp³-hybridized carbons (Fsp3) is 0.533. The minimum atomic E-state index is -0.367. The monoisotopic (exact) mass is 284 g/mol. The maximum atomic E-state index is 12.3. The van der Waals surface area contributed by atoms with Gasteiger partial charge in [-0.1, -0.05) is 31.5 Å². The first-order valence-electron chi connectivity index (χ1n) is 6.40. The number of nitrogens with one attached hydrogen (secondary N) is 1. The first-order valence-corrected chi connectivity index (χ1v) is 6.40. The molecule has 0 aliphatic rings. The molecule has 0 aliphatic carbocycles. The number of halogens is 1. The largest absolute Gasteiger partial charge is 0.345 e. The molecule has 0 heterocycles. The molecule has 1 atom stereocenters. The summed E-state index contributed by atoms with van der Waals surface area (Å²) in [6.07, 6.45) is 0. The van der Waals surface area contributed by atoms with E-state index in [0.29, 0.717) is 6.54 Å². The van der Waals surface area contributed by atoms with E-state index < -0.39 is 0 Å². The van der Waals surface area contributed by atoms with Crippen LogP contribution in [-0.4, -0.2) is 18.0 Å². The van der Waals surface area contributed by atoms with Gasteiger partial charge in [-0.2, -0.15) is 0 Å². The predicted molar refractivity (Wildman–Crippen MR) is 82.9 cm³/mol. The van der Waals surface area contributed by atoms with Gasteiger partial charge in [-0.3, -0.25) is 4.79 Å². The molecule has 1 aromatic carbocycles. The fourth-order valence-corrected chi connectivity index (χ4v) is 1.83. The molecule has 0 radical (unpaired) electrons. The summed E-state index contributed by atoms with van der Waals surface area (Å²) in [6, 6.07) is 5.85. The van der Waals surface area contributed by atoms with Gasteiger partial charge in [-0.15, -0.1) is 12.4 Å². The van der Waals surface area contributed by atoms with E-state index in [1.807, 2.05) is 39.0 Å². The molecule has 0 aliphatic heterocycles. The first kappa shape index (κ1) is 17.9. The number of carbonyl (C=O) groups is 1. The average molecular weight is 285 g/mol. The Labute approximate surface area is 122 Å². The topological polar surface area (TPSA) is 55.1 Å². The normalized spacial score (nSPS) is 13.6. The molecular weight excluding hydrogens is 260 g/mol. The Hall–Kier alpha value is -1.06. The van der Waals surface area contributed by atoms with E-state index in [1.54, 1.807) is 0 Å². The molecule has 0 saturated carbocycles. The third-order valence-electron chi connectivity index (χ3n) is 3.72. The molecule has 19 heavy (non-hydrogen) atoms. The minimum Gasteiger partial charge on any atom is -0.345 e. The second-order valence-corrected chi connectivity index (χ2v) is 5.55. The Morgan fingerprint density at radius 3 is 2.37 bits per heavy atom. The van der Waals surface area contributed by atoms with Crippen molar-refractivity contribution in [2.45, 2.75) is 40.2 Å². The highest BCUT2D eigenvalue weighted by Crippen LogP contribution is 2.17. The fourth-order valence-electron chi connectivity index (χ4n) is 1.83. The molecule has 1 aromatic rings. The standard InChI is InChI=1S/C15H24N2O.ClH/c1-10(2)15(5,9-16)17-14(18)13-7-6-11(3)8-12(13)4;/h6-8,10H,9,16H2,1-5H3,(H,17,18);1H. The second kappa shape index (κ2) is 6.92. The summed E-state index contributed by atoms with van der Waals surface area (Å²) in [7, 11) is 0. The van der Waals surface area contributed by atoms with Crippen molar-refractivity contribution in [1.82, 2.24) is 5.32 Å². The number of aryl methyl sites for hydroxylation is 2. The Balaban J connectivity index is 0.00000324. The maximum absolute atomic E-state index is 12.3. The lowest BCUT2D eigenvalue weighted by molar-refractivity contribution is 0.0882. The van der Waals surface area contributed by atoms with E-state index in [1.165, 1.54) is 0 Å². The zero-order valence-corrected chi connectivity index (χ0v) is 13.2. The Morgan fingerprint density at radius 1 is 1.37 bits per heavy atom. The Morgan fingerprint density at radius 2 is 1.95 bits per heavy atom. The highest BCUT2D eigenvalue weighted by molar-refractivity contribution is 5.96. The van der Waals surface area contributed by atoms with E-state index in [2.05, 4.69) is 19.2 Å². The van der Waals surface area contributed by atoms with Gasteiger partial charge in [0.25, 0.3) is 5.91 Å². The molecule has 1 unspecified atom stereocenters. The molecule has 4 heteroatoms. The number of hydrogen-bond donors (Lipinski definition) is 2. The van der Waals surface area contributed by atoms with Crippen molar-refractivity contribution in [2.24, 2.45) is 11.7 Å². The Kier molecular flexibility index (Phi) is 6.53. The molecule has 0 bridgehead atoms. The van der Waals surface area contributed by atoms with Crippen LogP contribution in [0.4, 0.5) is 0 Å². The highest BCUT2D eigenvalue weighted by atomic mass is 35.5. The van der Waals surface area contributed by atoms with Crippen molar-refractivity contribution in [3.8, 4) is 0 Å². The lowest BCUT2D eigenvalue weighted by Crippen LogP contribution is -2.55. The van der Waals surface area contributed by atoms with E-state index in [4.69, 9.17) is 5.73 Å². The van der Waals surface area contributed by atoms with Crippen LogP contribution in [0.25, 0.3) is 0 Å². The summed E-state index contributed by atoms with van der Waals surface area (Å²) in [5.74, 6) is 0.242. The van der Waals surface area contributed by atoms with Crippen LogP contribution in [0.15, 0.2) is 18.2 Å². The number of benzene rings is 1. The van der Waals surface area contributed by atoms with Gasteiger partial charge in [0.1, 0.15) is 0 Å². The molecule has 3 nitrogen and oxygen atoms in total. The molecule has 108 valence electrons. The van der Waals surface area contributed by atoms with E-state index in [0.717, 1.165) is 16.7 Å². The molecule has 0 fully saturated rings. The van der Waals surface area contributed by atoms with Gasteiger partial charge >= 0.3 is 0 Å². The third kappa shape index (κ3) is 4.22. The van der Waals surface area contributed by atoms with Gasteiger partial charge in [0.15, 0.2) is 0 Å². The summed E-state index contributed by atoms with van der Waals surface area (Å²) in [5.41, 5.74) is 8.30. The van der Waals surface area contributed by atoms with Gasteiger partial charge in [-0.05, 0) is 38.3 Å². The molecule has 0 saturated heterocycles. The molecular formula is C15H25ClN2O. The number of carbonyl (C=O) groups excluding carboxylic acids is 1. The predicted octanol–water partition coefficient (Wildman–Crippen LogP) is 2.83. The lowest BCUT2D eigenvalue weighted by Gasteiger charge is -2.33. The minimum absolute atomic E-state index is 0. The lowest BCUT2D eigenvalue weighted by atomic mass is 9.88. The number of amides is 1. The molecule has 1 amide bonds. The van der Waals surface area contributed by atoms with Crippen LogP contribution in [0.1, 0.15) is 42.3 Å². The number of nitrogens with two attached hydrogens (primary N) is 1. The maximum Gasteiger partial charge on any atom is 0.252 e. The van der Waals surface area contributed by atoms with E-state index in [9.17, 15) is 4.79 Å². The van der Waals surface area contributed by atoms with Crippen LogP contribution in [0.3, 0.4) is 0 Å². The molecule has 3 N–H and O–H groups in total.